The molecule has 3 aromatic rings. The lowest BCUT2D eigenvalue weighted by atomic mass is 10.3. The highest BCUT2D eigenvalue weighted by molar-refractivity contribution is 7.15. The van der Waals surface area contributed by atoms with Crippen molar-refractivity contribution in [3.63, 3.8) is 0 Å². The molecule has 0 spiro atoms. The predicted octanol–water partition coefficient (Wildman–Crippen LogP) is 3.54. The molecule has 1 amide bonds. The van der Waals surface area contributed by atoms with Crippen LogP contribution in [0.3, 0.4) is 0 Å². The summed E-state index contributed by atoms with van der Waals surface area (Å²) in [5.41, 5.74) is 1.23. The molecular weight excluding hydrogens is 369 g/mol. The van der Waals surface area contributed by atoms with E-state index < -0.39 is 17.0 Å². The summed E-state index contributed by atoms with van der Waals surface area (Å²) in [4.78, 5) is 14.7. The Labute approximate surface area is 150 Å². The number of carbonyl (C=O) groups excluding carboxylic acids is 1. The number of thiazole rings is 1. The fourth-order valence-corrected chi connectivity index (χ4v) is 2.84. The molecule has 10 heteroatoms. The van der Waals surface area contributed by atoms with E-state index in [1.54, 1.807) is 36.2 Å². The number of anilines is 1. The minimum absolute atomic E-state index is 0.0854. The van der Waals surface area contributed by atoms with Crippen LogP contribution in [-0.4, -0.2) is 27.8 Å². The van der Waals surface area contributed by atoms with Gasteiger partial charge in [-0.2, -0.15) is 18.3 Å². The van der Waals surface area contributed by atoms with Crippen LogP contribution in [0.15, 0.2) is 42.7 Å². The largest absolute Gasteiger partial charge is 0.497 e. The number of hydrogen-bond donors (Lipinski definition) is 1. The van der Waals surface area contributed by atoms with Crippen LogP contribution in [0.2, 0.25) is 0 Å². The molecular formula is C16H13F3N4O2S. The van der Waals surface area contributed by atoms with Gasteiger partial charge in [-0.25, -0.2) is 9.67 Å². The Morgan fingerprint density at radius 2 is 2.15 bits per heavy atom. The molecule has 0 saturated carbocycles. The maximum absolute atomic E-state index is 12.5. The molecule has 0 bridgehead atoms. The minimum atomic E-state index is -4.48. The zero-order chi connectivity index (χ0) is 18.7. The normalized spacial score (nSPS) is 11.4. The quantitative estimate of drug-likeness (QED) is 0.733. The molecule has 3 rings (SSSR count). The number of amides is 1. The zero-order valence-electron chi connectivity index (χ0n) is 13.4. The number of methoxy groups -OCH3 is 1. The van der Waals surface area contributed by atoms with Crippen LogP contribution >= 0.6 is 11.3 Å². The third-order valence-corrected chi connectivity index (χ3v) is 4.29. The molecule has 136 valence electrons. The molecule has 0 aliphatic heterocycles. The second-order valence-electron chi connectivity index (χ2n) is 5.21. The molecule has 0 aliphatic rings. The number of carbonyl (C=O) groups is 1. The van der Waals surface area contributed by atoms with Crippen LogP contribution in [0.25, 0.3) is 5.69 Å². The summed E-state index contributed by atoms with van der Waals surface area (Å²) in [6.45, 7) is 0. The van der Waals surface area contributed by atoms with Crippen molar-refractivity contribution in [3.8, 4) is 11.4 Å². The van der Waals surface area contributed by atoms with E-state index in [0.717, 1.165) is 5.69 Å². The number of aromatic nitrogens is 3. The molecule has 1 aromatic carbocycles. The Morgan fingerprint density at radius 1 is 1.35 bits per heavy atom. The van der Waals surface area contributed by atoms with Gasteiger partial charge in [0.25, 0.3) is 0 Å². The van der Waals surface area contributed by atoms with Crippen LogP contribution < -0.4 is 10.1 Å². The topological polar surface area (TPSA) is 69.0 Å². The van der Waals surface area contributed by atoms with Crippen molar-refractivity contribution < 1.29 is 22.7 Å². The molecule has 2 heterocycles. The molecule has 0 fully saturated rings. The fourth-order valence-electron chi connectivity index (χ4n) is 2.14. The maximum atomic E-state index is 12.5. The van der Waals surface area contributed by atoms with Gasteiger partial charge in [0.15, 0.2) is 5.13 Å². The summed E-state index contributed by atoms with van der Waals surface area (Å²) < 4.78 is 44.3. The Hall–Kier alpha value is -2.88. The Morgan fingerprint density at radius 3 is 2.85 bits per heavy atom. The summed E-state index contributed by atoms with van der Waals surface area (Å²) in [5, 5.41) is 6.53. The molecule has 2 aromatic heterocycles. The van der Waals surface area contributed by atoms with E-state index >= 15 is 0 Å². The van der Waals surface area contributed by atoms with Gasteiger partial charge in [-0.15, -0.1) is 0 Å². The SMILES string of the molecule is COc1cccc(-n2ccc(CC(=O)Nc3ncc(C(F)(F)F)s3)n2)c1. The van der Waals surface area contributed by atoms with Crippen LogP contribution in [-0.2, 0) is 17.4 Å². The van der Waals surface area contributed by atoms with E-state index in [9.17, 15) is 18.0 Å². The zero-order valence-corrected chi connectivity index (χ0v) is 14.3. The summed E-state index contributed by atoms with van der Waals surface area (Å²) in [7, 11) is 1.56. The Kier molecular flexibility index (Phi) is 4.94. The maximum Gasteiger partial charge on any atom is 0.427 e. The number of rotatable bonds is 5. The van der Waals surface area contributed by atoms with Gasteiger partial charge in [0, 0.05) is 12.3 Å². The van der Waals surface area contributed by atoms with Gasteiger partial charge in [0.05, 0.1) is 31.1 Å². The van der Waals surface area contributed by atoms with Gasteiger partial charge in [-0.3, -0.25) is 4.79 Å². The average Bonchev–Trinajstić information content (AvgIpc) is 3.24. The van der Waals surface area contributed by atoms with Gasteiger partial charge >= 0.3 is 6.18 Å². The van der Waals surface area contributed by atoms with Crippen LogP contribution in [0.5, 0.6) is 5.75 Å². The minimum Gasteiger partial charge on any atom is -0.497 e. The average molecular weight is 382 g/mol. The lowest BCUT2D eigenvalue weighted by molar-refractivity contribution is -0.134. The van der Waals surface area contributed by atoms with E-state index in [2.05, 4.69) is 15.4 Å². The monoisotopic (exact) mass is 382 g/mol. The van der Waals surface area contributed by atoms with Crippen LogP contribution in [0.1, 0.15) is 10.6 Å². The van der Waals surface area contributed by atoms with Crippen LogP contribution in [0, 0.1) is 0 Å². The molecule has 26 heavy (non-hydrogen) atoms. The number of halogens is 3. The molecule has 0 aliphatic carbocycles. The standard InChI is InChI=1S/C16H13F3N4O2S/c1-25-12-4-2-3-11(8-12)23-6-5-10(22-23)7-14(24)21-15-20-9-13(26-15)16(17,18)19/h2-6,8-9H,7H2,1H3,(H,20,21,24). The van der Waals surface area contributed by atoms with Crippen molar-refractivity contribution in [1.82, 2.24) is 14.8 Å². The smallest absolute Gasteiger partial charge is 0.427 e. The summed E-state index contributed by atoms with van der Waals surface area (Å²) >= 11 is 0.377. The molecule has 0 unspecified atom stereocenters. The van der Waals surface area contributed by atoms with Crippen molar-refractivity contribution in [3.05, 3.63) is 53.3 Å². The summed E-state index contributed by atoms with van der Waals surface area (Å²) in [5.74, 6) is 0.172. The van der Waals surface area contributed by atoms with Gasteiger partial charge < -0.3 is 10.1 Å². The van der Waals surface area contributed by atoms with E-state index in [1.165, 1.54) is 0 Å². The predicted molar refractivity (Wildman–Crippen MR) is 89.6 cm³/mol. The molecule has 0 radical (unpaired) electrons. The molecule has 0 saturated heterocycles. The number of benzene rings is 1. The summed E-state index contributed by atoms with van der Waals surface area (Å²) in [6.07, 6.45) is -2.19. The van der Waals surface area contributed by atoms with Crippen molar-refractivity contribution in [1.29, 1.82) is 0 Å². The highest BCUT2D eigenvalue weighted by Gasteiger charge is 2.33. The van der Waals surface area contributed by atoms with E-state index in [1.807, 2.05) is 12.1 Å². The number of hydrogen-bond acceptors (Lipinski definition) is 5. The molecule has 1 N–H and O–H groups in total. The molecule has 6 nitrogen and oxygen atoms in total. The third kappa shape index (κ3) is 4.20. The number of nitrogens with one attached hydrogen (secondary N) is 1. The van der Waals surface area contributed by atoms with Gasteiger partial charge in [0.1, 0.15) is 10.6 Å². The van der Waals surface area contributed by atoms with Gasteiger partial charge in [-0.1, -0.05) is 17.4 Å². The number of nitrogens with zero attached hydrogens (tertiary/aromatic N) is 3. The first-order chi connectivity index (χ1) is 12.3. The first-order valence-electron chi connectivity index (χ1n) is 7.37. The van der Waals surface area contributed by atoms with E-state index in [0.29, 0.717) is 29.0 Å². The van der Waals surface area contributed by atoms with Crippen molar-refractivity contribution >= 4 is 22.4 Å². The van der Waals surface area contributed by atoms with E-state index in [-0.39, 0.29) is 11.6 Å². The second-order valence-corrected chi connectivity index (χ2v) is 6.24. The highest BCUT2D eigenvalue weighted by atomic mass is 32.1. The highest BCUT2D eigenvalue weighted by Crippen LogP contribution is 2.35. The third-order valence-electron chi connectivity index (χ3n) is 3.34. The van der Waals surface area contributed by atoms with Gasteiger partial charge in [-0.05, 0) is 18.2 Å². The first-order valence-corrected chi connectivity index (χ1v) is 8.18. The van der Waals surface area contributed by atoms with Crippen molar-refractivity contribution in [2.24, 2.45) is 0 Å². The lowest BCUT2D eigenvalue weighted by Crippen LogP contribution is -2.14. The number of ether oxygens (including phenoxy) is 1. The first kappa shape index (κ1) is 17.9. The van der Waals surface area contributed by atoms with Crippen molar-refractivity contribution in [2.45, 2.75) is 12.6 Å². The van der Waals surface area contributed by atoms with E-state index in [4.69, 9.17) is 4.74 Å². The second kappa shape index (κ2) is 7.16. The Bertz CT molecular complexity index is 920. The van der Waals surface area contributed by atoms with Crippen LogP contribution in [0.4, 0.5) is 18.3 Å². The van der Waals surface area contributed by atoms with Crippen molar-refractivity contribution in [2.75, 3.05) is 12.4 Å². The number of alkyl halides is 3. The molecule has 0 atom stereocenters. The summed E-state index contributed by atoms with van der Waals surface area (Å²) in [6, 6.07) is 8.87. The lowest BCUT2D eigenvalue weighted by Gasteiger charge is -2.04. The van der Waals surface area contributed by atoms with Gasteiger partial charge in [0.2, 0.25) is 5.91 Å². The Balaban J connectivity index is 1.65. The fraction of sp³-hybridized carbons (Fsp3) is 0.188.